The normalized spacial score (nSPS) is 24.5. The van der Waals surface area contributed by atoms with Crippen LogP contribution in [0.5, 0.6) is 0 Å². The van der Waals surface area contributed by atoms with E-state index in [1.807, 2.05) is 0 Å². The molecule has 0 aromatic heterocycles. The number of piperidine rings is 1. The van der Waals surface area contributed by atoms with Crippen molar-refractivity contribution >= 4 is 0 Å². The van der Waals surface area contributed by atoms with Crippen LogP contribution in [0.15, 0.2) is 0 Å². The van der Waals surface area contributed by atoms with Crippen molar-refractivity contribution in [1.29, 1.82) is 0 Å². The molecule has 1 N–H and O–H groups in total. The zero-order chi connectivity index (χ0) is 11.9. The zero-order valence-electron chi connectivity index (χ0n) is 11.5. The van der Waals surface area contributed by atoms with Crippen LogP contribution in [0.25, 0.3) is 0 Å². The topological polar surface area (TPSA) is 18.5 Å². The van der Waals surface area contributed by atoms with Crippen LogP contribution in [-0.2, 0) is 0 Å². The number of hydrogen-bond acceptors (Lipinski definition) is 3. The van der Waals surface area contributed by atoms with Crippen LogP contribution in [0.3, 0.4) is 0 Å². The molecule has 2 saturated heterocycles. The summed E-state index contributed by atoms with van der Waals surface area (Å²) in [6.07, 6.45) is 5.70. The molecule has 3 nitrogen and oxygen atoms in total. The Hall–Kier alpha value is -0.120. The highest BCUT2D eigenvalue weighted by atomic mass is 15.2. The van der Waals surface area contributed by atoms with Gasteiger partial charge < -0.3 is 15.1 Å². The van der Waals surface area contributed by atoms with Crippen molar-refractivity contribution in [2.24, 2.45) is 5.92 Å². The average molecular weight is 239 g/mol. The SMILES string of the molecule is CCNCCN1CCC(CN2CCCC2)CC1. The molecule has 2 aliphatic rings. The van der Waals surface area contributed by atoms with E-state index in [0.717, 1.165) is 19.0 Å². The van der Waals surface area contributed by atoms with Gasteiger partial charge in [0.1, 0.15) is 0 Å². The predicted molar refractivity (Wildman–Crippen MR) is 73.4 cm³/mol. The Morgan fingerprint density at radius 2 is 1.71 bits per heavy atom. The summed E-state index contributed by atoms with van der Waals surface area (Å²) in [4.78, 5) is 5.31. The van der Waals surface area contributed by atoms with Crippen LogP contribution in [0.1, 0.15) is 32.6 Å². The van der Waals surface area contributed by atoms with Gasteiger partial charge in [-0.1, -0.05) is 6.92 Å². The Morgan fingerprint density at radius 3 is 2.35 bits per heavy atom. The second-order valence-electron chi connectivity index (χ2n) is 5.65. The van der Waals surface area contributed by atoms with Gasteiger partial charge in [0.2, 0.25) is 0 Å². The van der Waals surface area contributed by atoms with Crippen LogP contribution in [-0.4, -0.2) is 62.2 Å². The molecule has 0 radical (unpaired) electrons. The molecule has 0 bridgehead atoms. The van der Waals surface area contributed by atoms with Gasteiger partial charge in [0, 0.05) is 19.6 Å². The van der Waals surface area contributed by atoms with Crippen molar-refractivity contribution in [3.63, 3.8) is 0 Å². The van der Waals surface area contributed by atoms with E-state index in [1.54, 1.807) is 0 Å². The summed E-state index contributed by atoms with van der Waals surface area (Å²) < 4.78 is 0. The molecule has 0 aromatic rings. The average Bonchev–Trinajstić information content (AvgIpc) is 2.85. The minimum absolute atomic E-state index is 0.975. The molecule has 0 aromatic carbocycles. The van der Waals surface area contributed by atoms with E-state index in [9.17, 15) is 0 Å². The number of nitrogens with one attached hydrogen (secondary N) is 1. The quantitative estimate of drug-likeness (QED) is 0.707. The third-order valence-electron chi connectivity index (χ3n) is 4.28. The first-order chi connectivity index (χ1) is 8.38. The van der Waals surface area contributed by atoms with E-state index in [2.05, 4.69) is 22.0 Å². The second kappa shape index (κ2) is 7.34. The van der Waals surface area contributed by atoms with Crippen molar-refractivity contribution < 1.29 is 0 Å². The lowest BCUT2D eigenvalue weighted by Crippen LogP contribution is -2.40. The smallest absolute Gasteiger partial charge is 0.0107 e. The molecule has 17 heavy (non-hydrogen) atoms. The van der Waals surface area contributed by atoms with Crippen molar-refractivity contribution in [3.05, 3.63) is 0 Å². The standard InChI is InChI=1S/C14H29N3/c1-2-15-7-12-16-10-5-14(6-11-16)13-17-8-3-4-9-17/h14-15H,2-13H2,1H3. The van der Waals surface area contributed by atoms with E-state index in [4.69, 9.17) is 0 Å². The number of likely N-dealkylation sites (N-methyl/N-ethyl adjacent to an activating group) is 1. The molecule has 0 saturated carbocycles. The van der Waals surface area contributed by atoms with Crippen molar-refractivity contribution in [2.45, 2.75) is 32.6 Å². The van der Waals surface area contributed by atoms with Gasteiger partial charge in [0.05, 0.1) is 0 Å². The van der Waals surface area contributed by atoms with Gasteiger partial charge in [-0.3, -0.25) is 0 Å². The van der Waals surface area contributed by atoms with Crippen LogP contribution in [0.2, 0.25) is 0 Å². The zero-order valence-corrected chi connectivity index (χ0v) is 11.5. The Kier molecular flexibility index (Phi) is 5.75. The lowest BCUT2D eigenvalue weighted by molar-refractivity contribution is 0.155. The van der Waals surface area contributed by atoms with E-state index in [-0.39, 0.29) is 0 Å². The van der Waals surface area contributed by atoms with Crippen LogP contribution < -0.4 is 5.32 Å². The molecule has 2 rings (SSSR count). The number of likely N-dealkylation sites (tertiary alicyclic amines) is 2. The molecule has 0 spiro atoms. The first kappa shape index (κ1) is 13.3. The van der Waals surface area contributed by atoms with Gasteiger partial charge in [0.15, 0.2) is 0 Å². The van der Waals surface area contributed by atoms with Crippen molar-refractivity contribution in [1.82, 2.24) is 15.1 Å². The van der Waals surface area contributed by atoms with Crippen LogP contribution in [0.4, 0.5) is 0 Å². The molecule has 0 amide bonds. The maximum absolute atomic E-state index is 3.42. The molecule has 2 aliphatic heterocycles. The van der Waals surface area contributed by atoms with Gasteiger partial charge in [-0.25, -0.2) is 0 Å². The second-order valence-corrected chi connectivity index (χ2v) is 5.65. The highest BCUT2D eigenvalue weighted by molar-refractivity contribution is 4.77. The third-order valence-corrected chi connectivity index (χ3v) is 4.28. The number of rotatable bonds is 6. The maximum atomic E-state index is 3.42. The minimum Gasteiger partial charge on any atom is -0.316 e. The molecule has 2 fully saturated rings. The van der Waals surface area contributed by atoms with Gasteiger partial charge in [-0.15, -0.1) is 0 Å². The van der Waals surface area contributed by atoms with Crippen molar-refractivity contribution in [3.8, 4) is 0 Å². The monoisotopic (exact) mass is 239 g/mol. The number of hydrogen-bond donors (Lipinski definition) is 1. The lowest BCUT2D eigenvalue weighted by atomic mass is 9.96. The molecule has 0 unspecified atom stereocenters. The Labute approximate surface area is 107 Å². The van der Waals surface area contributed by atoms with Gasteiger partial charge in [-0.2, -0.15) is 0 Å². The summed E-state index contributed by atoms with van der Waals surface area (Å²) in [6, 6.07) is 0. The highest BCUT2D eigenvalue weighted by Gasteiger charge is 2.22. The molecular formula is C14H29N3. The largest absolute Gasteiger partial charge is 0.316 e. The molecule has 0 aliphatic carbocycles. The fourth-order valence-electron chi connectivity index (χ4n) is 3.14. The molecular weight excluding hydrogens is 210 g/mol. The Morgan fingerprint density at radius 1 is 1.00 bits per heavy atom. The van der Waals surface area contributed by atoms with E-state index in [1.165, 1.54) is 65.0 Å². The van der Waals surface area contributed by atoms with Gasteiger partial charge >= 0.3 is 0 Å². The van der Waals surface area contributed by atoms with Crippen molar-refractivity contribution in [2.75, 3.05) is 52.4 Å². The Balaban J connectivity index is 1.57. The molecule has 0 atom stereocenters. The summed E-state index contributed by atoms with van der Waals surface area (Å²) >= 11 is 0. The fourth-order valence-corrected chi connectivity index (χ4v) is 3.14. The summed E-state index contributed by atoms with van der Waals surface area (Å²) in [5.74, 6) is 0.975. The first-order valence-corrected chi connectivity index (χ1v) is 7.54. The lowest BCUT2D eigenvalue weighted by Gasteiger charge is -2.33. The predicted octanol–water partition coefficient (Wildman–Crippen LogP) is 1.40. The van der Waals surface area contributed by atoms with E-state index >= 15 is 0 Å². The third kappa shape index (κ3) is 4.57. The summed E-state index contributed by atoms with van der Waals surface area (Å²) in [7, 11) is 0. The first-order valence-electron chi connectivity index (χ1n) is 7.54. The summed E-state index contributed by atoms with van der Waals surface area (Å²) in [5, 5.41) is 3.42. The minimum atomic E-state index is 0.975. The number of nitrogens with zero attached hydrogens (tertiary/aromatic N) is 2. The van der Waals surface area contributed by atoms with Crippen LogP contribution in [0, 0.1) is 5.92 Å². The molecule has 3 heteroatoms. The molecule has 2 heterocycles. The summed E-state index contributed by atoms with van der Waals surface area (Å²) in [5.41, 5.74) is 0. The van der Waals surface area contributed by atoms with E-state index < -0.39 is 0 Å². The summed E-state index contributed by atoms with van der Waals surface area (Å²) in [6.45, 7) is 12.4. The van der Waals surface area contributed by atoms with Gasteiger partial charge in [0.25, 0.3) is 0 Å². The maximum Gasteiger partial charge on any atom is 0.0107 e. The van der Waals surface area contributed by atoms with Crippen LogP contribution >= 0.6 is 0 Å². The molecule has 100 valence electrons. The fraction of sp³-hybridized carbons (Fsp3) is 1.00. The Bertz CT molecular complexity index is 194. The highest BCUT2D eigenvalue weighted by Crippen LogP contribution is 2.20. The van der Waals surface area contributed by atoms with Gasteiger partial charge in [-0.05, 0) is 64.3 Å². The van der Waals surface area contributed by atoms with E-state index in [0.29, 0.717) is 0 Å².